The molecule has 7 nitrogen and oxygen atoms in total. The third kappa shape index (κ3) is 3.47. The fourth-order valence-electron chi connectivity index (χ4n) is 5.76. The molecule has 0 bridgehead atoms. The van der Waals surface area contributed by atoms with Gasteiger partial charge in [0, 0.05) is 41.5 Å². The first-order valence-electron chi connectivity index (χ1n) is 12.7. The summed E-state index contributed by atoms with van der Waals surface area (Å²) in [6.07, 6.45) is 7.36. The lowest BCUT2D eigenvalue weighted by atomic mass is 9.79. The number of hydrogen-bond acceptors (Lipinski definition) is 6. The van der Waals surface area contributed by atoms with Crippen LogP contribution in [0.5, 0.6) is 0 Å². The van der Waals surface area contributed by atoms with Crippen LogP contribution in [0.2, 0.25) is 0 Å². The van der Waals surface area contributed by atoms with E-state index in [2.05, 4.69) is 35.9 Å². The van der Waals surface area contributed by atoms with Crippen molar-refractivity contribution in [2.45, 2.75) is 25.3 Å². The maximum Gasteiger partial charge on any atom is 0.157 e. The van der Waals surface area contributed by atoms with Gasteiger partial charge in [0.15, 0.2) is 5.82 Å². The van der Waals surface area contributed by atoms with Crippen molar-refractivity contribution in [1.29, 1.82) is 0 Å². The predicted molar refractivity (Wildman–Crippen MR) is 140 cm³/mol. The Kier molecular flexibility index (Phi) is 5.02. The smallest absolute Gasteiger partial charge is 0.157 e. The Bertz CT molecular complexity index is 1480. The highest BCUT2D eigenvalue weighted by Gasteiger charge is 2.36. The third-order valence-electron chi connectivity index (χ3n) is 7.87. The zero-order chi connectivity index (χ0) is 24.2. The highest BCUT2D eigenvalue weighted by atomic mass is 19.1. The van der Waals surface area contributed by atoms with Crippen LogP contribution in [0.15, 0.2) is 59.9 Å². The van der Waals surface area contributed by atoms with E-state index >= 15 is 4.39 Å². The van der Waals surface area contributed by atoms with Gasteiger partial charge in [-0.05, 0) is 56.5 Å². The van der Waals surface area contributed by atoms with Gasteiger partial charge in [-0.1, -0.05) is 24.3 Å². The van der Waals surface area contributed by atoms with E-state index in [1.54, 1.807) is 6.20 Å². The van der Waals surface area contributed by atoms with Gasteiger partial charge >= 0.3 is 0 Å². The number of likely N-dealkylation sites (tertiary alicyclic amines) is 1. The van der Waals surface area contributed by atoms with Gasteiger partial charge in [-0.2, -0.15) is 0 Å². The molecular formula is C28H28FN7. The van der Waals surface area contributed by atoms with E-state index in [1.807, 2.05) is 42.5 Å². The van der Waals surface area contributed by atoms with Crippen LogP contribution in [0.25, 0.3) is 33.4 Å². The molecule has 1 saturated heterocycles. The molecule has 7 rings (SSSR count). The number of rotatable bonds is 5. The summed E-state index contributed by atoms with van der Waals surface area (Å²) in [5, 5.41) is 4.15. The van der Waals surface area contributed by atoms with E-state index in [4.69, 9.17) is 5.73 Å². The van der Waals surface area contributed by atoms with Crippen molar-refractivity contribution < 1.29 is 4.39 Å². The van der Waals surface area contributed by atoms with E-state index < -0.39 is 0 Å². The standard InChI is InChI=1S/C28H28FN7/c29-25-20(7-5-18-6-8-23(34-26(18)25)22-4-1-2-9-31-22)21-15-36(28-24(21)27(30)32-16-33-28)19-12-17(13-19)14-35-10-3-11-35/h1-2,4-9,15,17,19,33H,3,10-14,16H2,(H2,30,32). The number of amidine groups is 1. The predicted octanol–water partition coefficient (Wildman–Crippen LogP) is 4.65. The molecule has 0 radical (unpaired) electrons. The first-order chi connectivity index (χ1) is 17.7. The zero-order valence-corrected chi connectivity index (χ0v) is 20.0. The number of halogens is 1. The Morgan fingerprint density at radius 1 is 1.03 bits per heavy atom. The summed E-state index contributed by atoms with van der Waals surface area (Å²) in [5.41, 5.74) is 10.1. The minimum Gasteiger partial charge on any atom is -0.383 e. The molecule has 3 aromatic heterocycles. The van der Waals surface area contributed by atoms with Gasteiger partial charge in [0.05, 0.1) is 17.0 Å². The molecule has 4 aromatic rings. The summed E-state index contributed by atoms with van der Waals surface area (Å²) in [4.78, 5) is 16.0. The van der Waals surface area contributed by atoms with Crippen molar-refractivity contribution in [3.63, 3.8) is 0 Å². The molecule has 1 saturated carbocycles. The highest BCUT2D eigenvalue weighted by Crippen LogP contribution is 2.45. The number of aliphatic imine (C=N–C) groups is 1. The van der Waals surface area contributed by atoms with Gasteiger partial charge < -0.3 is 20.5 Å². The van der Waals surface area contributed by atoms with Crippen LogP contribution in [0.4, 0.5) is 10.2 Å². The second-order valence-electron chi connectivity index (χ2n) is 10.1. The quantitative estimate of drug-likeness (QED) is 0.434. The highest BCUT2D eigenvalue weighted by molar-refractivity contribution is 6.09. The molecule has 8 heteroatoms. The van der Waals surface area contributed by atoms with Crippen LogP contribution < -0.4 is 11.1 Å². The summed E-state index contributed by atoms with van der Waals surface area (Å²) in [7, 11) is 0. The summed E-state index contributed by atoms with van der Waals surface area (Å²) in [5.74, 6) is 1.76. The summed E-state index contributed by atoms with van der Waals surface area (Å²) >= 11 is 0. The number of nitrogens with one attached hydrogen (secondary N) is 1. The van der Waals surface area contributed by atoms with Gasteiger partial charge in [0.25, 0.3) is 0 Å². The van der Waals surface area contributed by atoms with Crippen LogP contribution in [-0.4, -0.2) is 51.6 Å². The second kappa shape index (κ2) is 8.41. The largest absolute Gasteiger partial charge is 0.383 e. The molecule has 0 unspecified atom stereocenters. The Labute approximate surface area is 208 Å². The molecule has 182 valence electrons. The minimum absolute atomic E-state index is 0.328. The van der Waals surface area contributed by atoms with E-state index in [9.17, 15) is 0 Å². The Morgan fingerprint density at radius 2 is 1.89 bits per heavy atom. The van der Waals surface area contributed by atoms with Crippen LogP contribution in [0.3, 0.4) is 0 Å². The topological polar surface area (TPSA) is 84.4 Å². The molecule has 3 N–H and O–H groups in total. The van der Waals surface area contributed by atoms with Crippen molar-refractivity contribution in [2.24, 2.45) is 16.6 Å². The third-order valence-corrected chi connectivity index (χ3v) is 7.87. The minimum atomic E-state index is -0.354. The first kappa shape index (κ1) is 21.5. The fourth-order valence-corrected chi connectivity index (χ4v) is 5.76. The fraction of sp³-hybridized carbons (Fsp3) is 0.321. The molecule has 1 aromatic carbocycles. The summed E-state index contributed by atoms with van der Waals surface area (Å²) < 4.78 is 18.4. The van der Waals surface area contributed by atoms with Crippen molar-refractivity contribution in [3.8, 4) is 22.5 Å². The number of anilines is 1. The van der Waals surface area contributed by atoms with Gasteiger partial charge in [-0.25, -0.2) is 14.4 Å². The molecule has 0 atom stereocenters. The lowest BCUT2D eigenvalue weighted by molar-refractivity contribution is 0.0916. The van der Waals surface area contributed by atoms with Gasteiger partial charge in [-0.15, -0.1) is 0 Å². The van der Waals surface area contributed by atoms with E-state index in [1.165, 1.54) is 26.1 Å². The van der Waals surface area contributed by atoms with Crippen molar-refractivity contribution in [2.75, 3.05) is 31.6 Å². The molecule has 1 aliphatic carbocycles. The molecule has 36 heavy (non-hydrogen) atoms. The molecule has 0 spiro atoms. The van der Waals surface area contributed by atoms with E-state index in [0.29, 0.717) is 41.0 Å². The zero-order valence-electron chi connectivity index (χ0n) is 20.0. The average Bonchev–Trinajstić information content (AvgIpc) is 3.23. The second-order valence-corrected chi connectivity index (χ2v) is 10.1. The lowest BCUT2D eigenvalue weighted by Gasteiger charge is -2.42. The number of nitrogens with zero attached hydrogens (tertiary/aromatic N) is 5. The van der Waals surface area contributed by atoms with Crippen LogP contribution >= 0.6 is 0 Å². The maximum absolute atomic E-state index is 16.1. The number of aromatic nitrogens is 3. The number of nitrogens with two attached hydrogens (primary N) is 1. The summed E-state index contributed by atoms with van der Waals surface area (Å²) in [6, 6.07) is 13.5. The number of hydrogen-bond donors (Lipinski definition) is 2. The van der Waals surface area contributed by atoms with Gasteiger partial charge in [-0.3, -0.25) is 4.98 Å². The normalized spacial score (nSPS) is 21.3. The Morgan fingerprint density at radius 3 is 2.67 bits per heavy atom. The van der Waals surface area contributed by atoms with Crippen LogP contribution in [0, 0.1) is 11.7 Å². The number of pyridine rings is 2. The lowest BCUT2D eigenvalue weighted by Crippen LogP contribution is -2.44. The molecule has 2 fully saturated rings. The van der Waals surface area contributed by atoms with Gasteiger partial charge in [0.1, 0.15) is 23.8 Å². The number of fused-ring (bicyclic) bond motifs is 2. The monoisotopic (exact) mass is 481 g/mol. The van der Waals surface area contributed by atoms with Crippen LogP contribution in [0.1, 0.15) is 30.9 Å². The van der Waals surface area contributed by atoms with Crippen molar-refractivity contribution in [3.05, 3.63) is 66.2 Å². The molecule has 5 heterocycles. The van der Waals surface area contributed by atoms with Crippen molar-refractivity contribution in [1.82, 2.24) is 19.4 Å². The summed E-state index contributed by atoms with van der Waals surface area (Å²) in [6.45, 7) is 4.08. The molecular weight excluding hydrogens is 453 g/mol. The van der Waals surface area contributed by atoms with Crippen molar-refractivity contribution >= 4 is 22.6 Å². The average molecular weight is 482 g/mol. The first-order valence-corrected chi connectivity index (χ1v) is 12.7. The Balaban J connectivity index is 1.28. The molecule has 3 aliphatic rings. The maximum atomic E-state index is 16.1. The number of benzene rings is 1. The molecule has 0 amide bonds. The van der Waals surface area contributed by atoms with E-state index in [-0.39, 0.29) is 5.82 Å². The SMILES string of the molecule is NC1=NCNc2c1c(-c1ccc3ccc(-c4ccccn4)nc3c1F)cn2C1CC(CN2CCC2)C1. The molecule has 2 aliphatic heterocycles. The Hall–Kier alpha value is -3.78. The van der Waals surface area contributed by atoms with Gasteiger partial charge in [0.2, 0.25) is 0 Å². The van der Waals surface area contributed by atoms with Crippen LogP contribution in [-0.2, 0) is 0 Å². The van der Waals surface area contributed by atoms with E-state index in [0.717, 1.165) is 41.1 Å².